The number of esters is 5. The molecule has 0 spiro atoms. The molecule has 0 amide bonds. The van der Waals surface area contributed by atoms with Gasteiger partial charge in [-0.2, -0.15) is 0 Å². The number of hydrogen-bond acceptors (Lipinski definition) is 10. The summed E-state index contributed by atoms with van der Waals surface area (Å²) in [5.74, 6) is -3.25. The lowest BCUT2D eigenvalue weighted by molar-refractivity contribution is -0.160. The fourth-order valence-electron chi connectivity index (χ4n) is 3.04. The smallest absolute Gasteiger partial charge is 0.349 e. The van der Waals surface area contributed by atoms with Crippen molar-refractivity contribution in [2.24, 2.45) is 0 Å². The van der Waals surface area contributed by atoms with Gasteiger partial charge in [-0.3, -0.25) is 0 Å². The first-order valence-electron chi connectivity index (χ1n) is 11.8. The summed E-state index contributed by atoms with van der Waals surface area (Å²) in [6.45, 7) is 5.48. The Hall–Kier alpha value is -5.51. The van der Waals surface area contributed by atoms with Gasteiger partial charge in [0.2, 0.25) is 0 Å². The van der Waals surface area contributed by atoms with Crippen LogP contribution in [0.15, 0.2) is 98.1 Å². The van der Waals surface area contributed by atoms with E-state index in [-0.39, 0.29) is 22.8 Å². The Morgan fingerprint density at radius 2 is 1.02 bits per heavy atom. The van der Waals surface area contributed by atoms with Crippen LogP contribution in [0.1, 0.15) is 26.3 Å². The molecule has 3 aromatic carbocycles. The minimum absolute atomic E-state index is 0.0946. The summed E-state index contributed by atoms with van der Waals surface area (Å²) in [5, 5.41) is 0. The lowest BCUT2D eigenvalue weighted by atomic mass is 10.1. The molecule has 0 heterocycles. The first-order valence-corrected chi connectivity index (χ1v) is 11.8. The van der Waals surface area contributed by atoms with Gasteiger partial charge >= 0.3 is 29.8 Å². The summed E-state index contributed by atoms with van der Waals surface area (Å²) in [7, 11) is 0. The molecule has 0 unspecified atom stereocenters. The molecule has 0 saturated carbocycles. The Bertz CT molecular complexity index is 1390. The zero-order valence-electron chi connectivity index (χ0n) is 21.2. The zero-order valence-corrected chi connectivity index (χ0v) is 21.2. The highest BCUT2D eigenvalue weighted by Gasteiger charge is 2.14. The SMILES string of the molecule is C=CCc1ccc(C(=O)Oc2ccc(OC(=O)c3ccc(OC(=O)COC(=O)COC(=O)C=C)cc3)cc2)cc1. The van der Waals surface area contributed by atoms with E-state index in [1.807, 2.05) is 12.1 Å². The van der Waals surface area contributed by atoms with Gasteiger partial charge < -0.3 is 23.7 Å². The van der Waals surface area contributed by atoms with Gasteiger partial charge in [0.05, 0.1) is 11.1 Å². The molecule has 204 valence electrons. The number of benzene rings is 3. The summed E-state index contributed by atoms with van der Waals surface area (Å²) in [5.41, 5.74) is 1.59. The van der Waals surface area contributed by atoms with Crippen molar-refractivity contribution in [1.29, 1.82) is 0 Å². The molecule has 10 heteroatoms. The van der Waals surface area contributed by atoms with E-state index in [4.69, 9.17) is 14.2 Å². The average Bonchev–Trinajstić information content (AvgIpc) is 2.96. The molecule has 0 radical (unpaired) electrons. The van der Waals surface area contributed by atoms with Crippen molar-refractivity contribution in [1.82, 2.24) is 0 Å². The normalized spacial score (nSPS) is 10.0. The largest absolute Gasteiger partial charge is 0.451 e. The summed E-state index contributed by atoms with van der Waals surface area (Å²) in [6, 6.07) is 18.4. The Balaban J connectivity index is 1.46. The van der Waals surface area contributed by atoms with Crippen LogP contribution >= 0.6 is 0 Å². The molecule has 3 aromatic rings. The van der Waals surface area contributed by atoms with Crippen LogP contribution < -0.4 is 14.2 Å². The quantitative estimate of drug-likeness (QED) is 0.142. The van der Waals surface area contributed by atoms with E-state index in [0.29, 0.717) is 12.0 Å². The van der Waals surface area contributed by atoms with Crippen LogP contribution in [0.3, 0.4) is 0 Å². The van der Waals surface area contributed by atoms with Crippen LogP contribution in [0.4, 0.5) is 0 Å². The van der Waals surface area contributed by atoms with E-state index in [1.54, 1.807) is 18.2 Å². The first-order chi connectivity index (χ1) is 19.3. The number of rotatable bonds is 12. The van der Waals surface area contributed by atoms with E-state index >= 15 is 0 Å². The third-order valence-electron chi connectivity index (χ3n) is 4.99. The second-order valence-electron chi connectivity index (χ2n) is 7.91. The second kappa shape index (κ2) is 14.4. The highest BCUT2D eigenvalue weighted by atomic mass is 16.6. The topological polar surface area (TPSA) is 132 Å². The van der Waals surface area contributed by atoms with Crippen LogP contribution in [0.25, 0.3) is 0 Å². The van der Waals surface area contributed by atoms with Crippen molar-refractivity contribution in [2.75, 3.05) is 13.2 Å². The Morgan fingerprint density at radius 3 is 1.52 bits per heavy atom. The van der Waals surface area contributed by atoms with E-state index < -0.39 is 43.1 Å². The third kappa shape index (κ3) is 9.10. The summed E-state index contributed by atoms with van der Waals surface area (Å²) in [4.78, 5) is 59.0. The number of carbonyl (C=O) groups excluding carboxylic acids is 5. The minimum Gasteiger partial charge on any atom is -0.451 e. The Kier molecular flexibility index (Phi) is 10.5. The molecule has 40 heavy (non-hydrogen) atoms. The molecule has 0 aromatic heterocycles. The van der Waals surface area contributed by atoms with Gasteiger partial charge in [0.1, 0.15) is 17.2 Å². The lowest BCUT2D eigenvalue weighted by Crippen LogP contribution is -2.22. The molecule has 0 bridgehead atoms. The van der Waals surface area contributed by atoms with Gasteiger partial charge in [0.15, 0.2) is 13.2 Å². The molecule has 0 saturated heterocycles. The molecule has 10 nitrogen and oxygen atoms in total. The predicted molar refractivity (Wildman–Crippen MR) is 141 cm³/mol. The molecular weight excluding hydrogens is 520 g/mol. The van der Waals surface area contributed by atoms with Gasteiger partial charge in [-0.25, -0.2) is 24.0 Å². The van der Waals surface area contributed by atoms with E-state index in [9.17, 15) is 24.0 Å². The Labute approximate surface area is 229 Å². The van der Waals surface area contributed by atoms with Gasteiger partial charge in [0.25, 0.3) is 0 Å². The highest BCUT2D eigenvalue weighted by molar-refractivity contribution is 5.92. The molecule has 0 aliphatic rings. The number of carbonyl (C=O) groups is 5. The standard InChI is InChI=1S/C30H24O10/c1-3-5-20-6-8-21(9-7-20)29(34)39-24-14-16-25(17-15-24)40-30(35)22-10-12-23(13-11-22)38-28(33)19-37-27(32)18-36-26(31)4-2/h3-4,6-17H,1-2,5,18-19H2. The maximum absolute atomic E-state index is 12.5. The average molecular weight is 545 g/mol. The van der Waals surface area contributed by atoms with Crippen LogP contribution in [-0.2, 0) is 30.3 Å². The van der Waals surface area contributed by atoms with Gasteiger partial charge in [-0.15, -0.1) is 6.58 Å². The number of hydrogen-bond donors (Lipinski definition) is 0. The van der Waals surface area contributed by atoms with Crippen molar-refractivity contribution in [3.8, 4) is 17.2 Å². The third-order valence-corrected chi connectivity index (χ3v) is 4.99. The first kappa shape index (κ1) is 29.1. The molecule has 0 fully saturated rings. The van der Waals surface area contributed by atoms with Gasteiger partial charge in [0, 0.05) is 6.08 Å². The lowest BCUT2D eigenvalue weighted by Gasteiger charge is -2.08. The van der Waals surface area contributed by atoms with Crippen molar-refractivity contribution in [3.05, 3.63) is 115 Å². The van der Waals surface area contributed by atoms with Crippen molar-refractivity contribution >= 4 is 29.8 Å². The van der Waals surface area contributed by atoms with Crippen molar-refractivity contribution < 1.29 is 47.7 Å². The number of ether oxygens (including phenoxy) is 5. The van der Waals surface area contributed by atoms with Crippen molar-refractivity contribution in [3.63, 3.8) is 0 Å². The Morgan fingerprint density at radius 1 is 0.575 bits per heavy atom. The summed E-state index contributed by atoms with van der Waals surface area (Å²) >= 11 is 0. The van der Waals surface area contributed by atoms with E-state index in [0.717, 1.165) is 11.6 Å². The van der Waals surface area contributed by atoms with Gasteiger partial charge in [-0.1, -0.05) is 24.8 Å². The fourth-order valence-corrected chi connectivity index (χ4v) is 3.04. The molecule has 0 aliphatic carbocycles. The number of allylic oxidation sites excluding steroid dienone is 1. The minimum atomic E-state index is -0.939. The monoisotopic (exact) mass is 544 g/mol. The summed E-state index contributed by atoms with van der Waals surface area (Å²) < 4.78 is 24.8. The fraction of sp³-hybridized carbons (Fsp3) is 0.100. The second-order valence-corrected chi connectivity index (χ2v) is 7.91. The maximum Gasteiger partial charge on any atom is 0.349 e. The highest BCUT2D eigenvalue weighted by Crippen LogP contribution is 2.21. The maximum atomic E-state index is 12.5. The van der Waals surface area contributed by atoms with Crippen LogP contribution in [0.2, 0.25) is 0 Å². The van der Waals surface area contributed by atoms with Crippen LogP contribution in [0.5, 0.6) is 17.2 Å². The molecule has 0 aliphatic heterocycles. The molecule has 0 atom stereocenters. The van der Waals surface area contributed by atoms with Gasteiger partial charge in [-0.05, 0) is 72.6 Å². The van der Waals surface area contributed by atoms with E-state index in [1.165, 1.54) is 48.5 Å². The molecule has 0 N–H and O–H groups in total. The van der Waals surface area contributed by atoms with Crippen molar-refractivity contribution in [2.45, 2.75) is 6.42 Å². The molecule has 3 rings (SSSR count). The predicted octanol–water partition coefficient (Wildman–Crippen LogP) is 4.03. The van der Waals surface area contributed by atoms with E-state index in [2.05, 4.69) is 22.6 Å². The van der Waals surface area contributed by atoms with Crippen LogP contribution in [0, 0.1) is 0 Å². The molecular formula is C30H24O10. The summed E-state index contributed by atoms with van der Waals surface area (Å²) in [6.07, 6.45) is 3.35. The zero-order chi connectivity index (χ0) is 28.9. The van der Waals surface area contributed by atoms with Crippen LogP contribution in [-0.4, -0.2) is 43.1 Å².